The van der Waals surface area contributed by atoms with E-state index in [4.69, 9.17) is 19.4 Å². The zero-order chi connectivity index (χ0) is 20.0. The smallest absolute Gasteiger partial charge is 0.241 e. The van der Waals surface area contributed by atoms with Crippen LogP contribution in [0.15, 0.2) is 12.1 Å². The van der Waals surface area contributed by atoms with Crippen molar-refractivity contribution in [3.05, 3.63) is 29.0 Å². The van der Waals surface area contributed by atoms with Crippen LogP contribution in [0.1, 0.15) is 50.4 Å². The van der Waals surface area contributed by atoms with Crippen molar-refractivity contribution in [2.24, 2.45) is 0 Å². The molecule has 0 unspecified atom stereocenters. The van der Waals surface area contributed by atoms with Gasteiger partial charge in [-0.1, -0.05) is 19.9 Å². The third-order valence-electron chi connectivity index (χ3n) is 4.47. The summed E-state index contributed by atoms with van der Waals surface area (Å²) in [6, 6.07) is 4.18. The Hall–Kier alpha value is -2.30. The van der Waals surface area contributed by atoms with Crippen molar-refractivity contribution in [2.75, 3.05) is 31.7 Å². The van der Waals surface area contributed by atoms with Crippen molar-refractivity contribution in [1.29, 1.82) is 0 Å². The summed E-state index contributed by atoms with van der Waals surface area (Å²) >= 11 is 0. The molecule has 0 saturated heterocycles. The normalized spacial score (nSPS) is 10.8. The molecular weight excluding hydrogens is 338 g/mol. The molecule has 0 saturated carbocycles. The van der Waals surface area contributed by atoms with Gasteiger partial charge >= 0.3 is 0 Å². The molecule has 0 atom stereocenters. The number of anilines is 1. The van der Waals surface area contributed by atoms with E-state index in [2.05, 4.69) is 37.8 Å². The van der Waals surface area contributed by atoms with E-state index in [0.29, 0.717) is 18.3 Å². The van der Waals surface area contributed by atoms with Gasteiger partial charge in [0.15, 0.2) is 5.82 Å². The van der Waals surface area contributed by atoms with Crippen LogP contribution in [-0.4, -0.2) is 36.8 Å². The molecule has 148 valence electrons. The van der Waals surface area contributed by atoms with Gasteiger partial charge in [0.05, 0.1) is 25.0 Å². The maximum atomic E-state index is 5.95. The monoisotopic (exact) mass is 371 g/mol. The first kappa shape index (κ1) is 21.0. The predicted octanol–water partition coefficient (Wildman–Crippen LogP) is 5.10. The molecule has 1 heterocycles. The Morgan fingerprint density at radius 2 is 1.63 bits per heavy atom. The Morgan fingerprint density at radius 1 is 0.963 bits per heavy atom. The van der Waals surface area contributed by atoms with E-state index < -0.39 is 0 Å². The minimum Gasteiger partial charge on any atom is -0.496 e. The molecule has 2 rings (SSSR count). The number of nitrogens with zero attached hydrogens (tertiary/aromatic N) is 3. The molecule has 2 aromatic rings. The second kappa shape index (κ2) is 9.58. The molecule has 1 aromatic carbocycles. The lowest BCUT2D eigenvalue weighted by Crippen LogP contribution is -2.27. The number of aryl methyl sites for hydroxylation is 3. The Bertz CT molecular complexity index is 769. The highest BCUT2D eigenvalue weighted by Crippen LogP contribution is 2.37. The zero-order valence-corrected chi connectivity index (χ0v) is 17.8. The number of ether oxygens (including phenoxy) is 2. The third kappa shape index (κ3) is 4.71. The molecule has 0 amide bonds. The van der Waals surface area contributed by atoms with Gasteiger partial charge in [-0.05, 0) is 57.7 Å². The SMILES string of the molecule is CCCN(CCC)c1c(C)nc(-c2cc(C)cc(C)c2OC)nc1OCC. The lowest BCUT2D eigenvalue weighted by molar-refractivity contribution is 0.326. The van der Waals surface area contributed by atoms with Crippen molar-refractivity contribution in [3.8, 4) is 23.0 Å². The van der Waals surface area contributed by atoms with Gasteiger partial charge in [-0.15, -0.1) is 0 Å². The molecule has 0 N–H and O–H groups in total. The fourth-order valence-corrected chi connectivity index (χ4v) is 3.53. The van der Waals surface area contributed by atoms with Crippen LogP contribution in [-0.2, 0) is 0 Å². The van der Waals surface area contributed by atoms with Crippen LogP contribution in [0.2, 0.25) is 0 Å². The van der Waals surface area contributed by atoms with Gasteiger partial charge in [0.1, 0.15) is 11.4 Å². The second-order valence-corrected chi connectivity index (χ2v) is 6.87. The number of aromatic nitrogens is 2. The summed E-state index contributed by atoms with van der Waals surface area (Å²) in [5.74, 6) is 2.12. The van der Waals surface area contributed by atoms with Crippen LogP contribution in [0.4, 0.5) is 5.69 Å². The molecule has 0 spiro atoms. The first-order chi connectivity index (χ1) is 13.0. The topological polar surface area (TPSA) is 47.5 Å². The molecule has 0 aliphatic rings. The maximum Gasteiger partial charge on any atom is 0.241 e. The van der Waals surface area contributed by atoms with Crippen LogP contribution in [0.5, 0.6) is 11.6 Å². The van der Waals surface area contributed by atoms with Crippen LogP contribution in [0.25, 0.3) is 11.4 Å². The molecule has 0 aliphatic carbocycles. The van der Waals surface area contributed by atoms with Crippen LogP contribution in [0, 0.1) is 20.8 Å². The summed E-state index contributed by atoms with van der Waals surface area (Å²) in [4.78, 5) is 12.0. The molecule has 0 radical (unpaired) electrons. The molecule has 5 heteroatoms. The van der Waals surface area contributed by atoms with Gasteiger partial charge in [-0.2, -0.15) is 4.98 Å². The molecule has 1 aromatic heterocycles. The number of methoxy groups -OCH3 is 1. The van der Waals surface area contributed by atoms with E-state index in [0.717, 1.165) is 59.8 Å². The number of hydrogen-bond acceptors (Lipinski definition) is 5. The second-order valence-electron chi connectivity index (χ2n) is 6.87. The summed E-state index contributed by atoms with van der Waals surface area (Å²) in [6.07, 6.45) is 2.13. The van der Waals surface area contributed by atoms with Crippen molar-refractivity contribution < 1.29 is 9.47 Å². The van der Waals surface area contributed by atoms with Crippen molar-refractivity contribution >= 4 is 5.69 Å². The lowest BCUT2D eigenvalue weighted by Gasteiger charge is -2.27. The fraction of sp³-hybridized carbons (Fsp3) is 0.545. The Morgan fingerprint density at radius 3 is 2.19 bits per heavy atom. The number of benzene rings is 1. The maximum absolute atomic E-state index is 5.95. The molecule has 0 bridgehead atoms. The Balaban J connectivity index is 2.65. The first-order valence-electron chi connectivity index (χ1n) is 9.88. The van der Waals surface area contributed by atoms with E-state index in [1.807, 2.05) is 20.8 Å². The highest BCUT2D eigenvalue weighted by molar-refractivity contribution is 5.71. The quantitative estimate of drug-likeness (QED) is 0.613. The largest absolute Gasteiger partial charge is 0.496 e. The van der Waals surface area contributed by atoms with E-state index in [1.54, 1.807) is 7.11 Å². The fourth-order valence-electron chi connectivity index (χ4n) is 3.53. The highest BCUT2D eigenvalue weighted by Gasteiger charge is 2.21. The van der Waals surface area contributed by atoms with E-state index in [-0.39, 0.29) is 0 Å². The molecular formula is C22H33N3O2. The average Bonchev–Trinajstić information content (AvgIpc) is 2.61. The van der Waals surface area contributed by atoms with Gasteiger partial charge in [0.25, 0.3) is 0 Å². The van der Waals surface area contributed by atoms with Crippen molar-refractivity contribution in [3.63, 3.8) is 0 Å². The van der Waals surface area contributed by atoms with E-state index >= 15 is 0 Å². The summed E-state index contributed by atoms with van der Waals surface area (Å²) in [6.45, 7) is 15.0. The number of hydrogen-bond donors (Lipinski definition) is 0. The van der Waals surface area contributed by atoms with Gasteiger partial charge in [0.2, 0.25) is 5.88 Å². The van der Waals surface area contributed by atoms with E-state index in [1.165, 1.54) is 0 Å². The van der Waals surface area contributed by atoms with Gasteiger partial charge in [-0.25, -0.2) is 4.98 Å². The Kier molecular flexibility index (Phi) is 7.45. The standard InChI is InChI=1S/C22H33N3O2/c1-8-11-25(12-9-2)19-17(6)23-21(24-22(19)27-10-3)18-14-15(4)13-16(5)20(18)26-7/h13-14H,8-12H2,1-7H3. The van der Waals surface area contributed by atoms with Crippen LogP contribution in [0.3, 0.4) is 0 Å². The summed E-state index contributed by atoms with van der Waals surface area (Å²) in [5, 5.41) is 0. The first-order valence-corrected chi connectivity index (χ1v) is 9.88. The van der Waals surface area contributed by atoms with Gasteiger partial charge in [0, 0.05) is 13.1 Å². The summed E-state index contributed by atoms with van der Waals surface area (Å²) < 4.78 is 11.6. The van der Waals surface area contributed by atoms with Crippen LogP contribution < -0.4 is 14.4 Å². The zero-order valence-electron chi connectivity index (χ0n) is 17.8. The molecule has 0 aliphatic heterocycles. The minimum absolute atomic E-state index is 0.568. The average molecular weight is 372 g/mol. The van der Waals surface area contributed by atoms with Crippen molar-refractivity contribution in [2.45, 2.75) is 54.4 Å². The third-order valence-corrected chi connectivity index (χ3v) is 4.47. The molecule has 0 fully saturated rings. The molecule has 5 nitrogen and oxygen atoms in total. The Labute approximate surface area is 163 Å². The summed E-state index contributed by atoms with van der Waals surface area (Å²) in [7, 11) is 1.69. The lowest BCUT2D eigenvalue weighted by atomic mass is 10.0. The molecule has 27 heavy (non-hydrogen) atoms. The summed E-state index contributed by atoms with van der Waals surface area (Å²) in [5.41, 5.74) is 5.09. The predicted molar refractivity (Wildman–Crippen MR) is 112 cm³/mol. The highest BCUT2D eigenvalue weighted by atomic mass is 16.5. The number of rotatable bonds is 9. The van der Waals surface area contributed by atoms with Crippen LogP contribution >= 0.6 is 0 Å². The van der Waals surface area contributed by atoms with E-state index in [9.17, 15) is 0 Å². The van der Waals surface area contributed by atoms with Crippen molar-refractivity contribution in [1.82, 2.24) is 9.97 Å². The van der Waals surface area contributed by atoms with Gasteiger partial charge in [-0.3, -0.25) is 0 Å². The minimum atomic E-state index is 0.568. The van der Waals surface area contributed by atoms with Gasteiger partial charge < -0.3 is 14.4 Å².